The van der Waals surface area contributed by atoms with E-state index in [9.17, 15) is 9.59 Å². The molecule has 4 rings (SSSR count). The summed E-state index contributed by atoms with van der Waals surface area (Å²) in [6.07, 6.45) is 0. The Balaban J connectivity index is 1.43. The second-order valence-electron chi connectivity index (χ2n) is 6.67. The molecule has 3 N–H and O–H groups in total. The van der Waals surface area contributed by atoms with Crippen molar-refractivity contribution in [3.8, 4) is 11.5 Å². The number of methoxy groups -OCH3 is 2. The predicted octanol–water partition coefficient (Wildman–Crippen LogP) is 5.21. The van der Waals surface area contributed by atoms with Gasteiger partial charge in [-0.05, 0) is 42.5 Å². The van der Waals surface area contributed by atoms with Crippen LogP contribution in [0.1, 0.15) is 10.4 Å². The molecule has 0 saturated carbocycles. The number of nitrogens with zero attached hydrogens (tertiary/aromatic N) is 1. The van der Waals surface area contributed by atoms with Gasteiger partial charge in [-0.25, -0.2) is 9.78 Å². The number of carbonyl (C=O) groups excluding carboxylic acids is 2. The first kappa shape index (κ1) is 21.1. The van der Waals surface area contributed by atoms with Gasteiger partial charge in [0.05, 0.1) is 24.4 Å². The second-order valence-corrected chi connectivity index (χ2v) is 7.70. The fourth-order valence-electron chi connectivity index (χ4n) is 3.02. The molecule has 0 unspecified atom stereocenters. The highest BCUT2D eigenvalue weighted by Crippen LogP contribution is 2.31. The van der Waals surface area contributed by atoms with Crippen molar-refractivity contribution < 1.29 is 19.1 Å². The molecule has 0 bridgehead atoms. The zero-order valence-electron chi connectivity index (χ0n) is 17.3. The first-order valence-corrected chi connectivity index (χ1v) is 10.4. The van der Waals surface area contributed by atoms with Crippen molar-refractivity contribution in [1.29, 1.82) is 0 Å². The van der Waals surface area contributed by atoms with E-state index in [1.807, 2.05) is 6.07 Å². The highest BCUT2D eigenvalue weighted by molar-refractivity contribution is 7.22. The summed E-state index contributed by atoms with van der Waals surface area (Å²) in [5.41, 5.74) is 2.44. The number of nitrogens with one attached hydrogen (secondary N) is 3. The molecule has 0 fully saturated rings. The fraction of sp³-hybridized carbons (Fsp3) is 0.0870. The maximum Gasteiger partial charge on any atom is 0.323 e. The molecule has 32 heavy (non-hydrogen) atoms. The van der Waals surface area contributed by atoms with E-state index in [2.05, 4.69) is 20.9 Å². The van der Waals surface area contributed by atoms with E-state index in [0.29, 0.717) is 33.6 Å². The van der Waals surface area contributed by atoms with Gasteiger partial charge in [-0.15, -0.1) is 0 Å². The predicted molar refractivity (Wildman–Crippen MR) is 126 cm³/mol. The van der Waals surface area contributed by atoms with Gasteiger partial charge in [-0.3, -0.25) is 10.1 Å². The Morgan fingerprint density at radius 2 is 1.50 bits per heavy atom. The lowest BCUT2D eigenvalue weighted by molar-refractivity contribution is 0.102. The number of benzene rings is 3. The molecule has 0 aliphatic carbocycles. The highest BCUT2D eigenvalue weighted by Gasteiger charge is 2.11. The van der Waals surface area contributed by atoms with Crippen LogP contribution < -0.4 is 25.4 Å². The molecule has 3 amide bonds. The number of ether oxygens (including phenoxy) is 2. The molecular weight excluding hydrogens is 428 g/mol. The topological polar surface area (TPSA) is 102 Å². The van der Waals surface area contributed by atoms with Gasteiger partial charge in [0.2, 0.25) is 0 Å². The third-order valence-electron chi connectivity index (χ3n) is 4.54. The summed E-state index contributed by atoms with van der Waals surface area (Å²) in [5, 5.41) is 8.85. The van der Waals surface area contributed by atoms with Crippen molar-refractivity contribution in [3.05, 3.63) is 72.3 Å². The Kier molecular flexibility index (Phi) is 6.18. The van der Waals surface area contributed by atoms with Crippen molar-refractivity contribution in [2.24, 2.45) is 0 Å². The van der Waals surface area contributed by atoms with E-state index >= 15 is 0 Å². The number of thiazole rings is 1. The smallest absolute Gasteiger partial charge is 0.323 e. The molecule has 1 heterocycles. The molecule has 4 aromatic rings. The Hall–Kier alpha value is -4.11. The van der Waals surface area contributed by atoms with E-state index in [4.69, 9.17) is 9.47 Å². The molecule has 0 saturated heterocycles. The number of aromatic nitrogens is 1. The van der Waals surface area contributed by atoms with Crippen LogP contribution in [0.3, 0.4) is 0 Å². The van der Waals surface area contributed by atoms with Crippen LogP contribution in [0.2, 0.25) is 0 Å². The van der Waals surface area contributed by atoms with Gasteiger partial charge in [0, 0.05) is 23.0 Å². The summed E-state index contributed by atoms with van der Waals surface area (Å²) in [7, 11) is 3.08. The third-order valence-corrected chi connectivity index (χ3v) is 5.48. The molecule has 0 aliphatic heterocycles. The molecule has 8 nitrogen and oxygen atoms in total. The van der Waals surface area contributed by atoms with E-state index < -0.39 is 6.03 Å². The van der Waals surface area contributed by atoms with Crippen molar-refractivity contribution in [3.63, 3.8) is 0 Å². The van der Waals surface area contributed by atoms with Gasteiger partial charge < -0.3 is 20.1 Å². The molecule has 3 aromatic carbocycles. The van der Waals surface area contributed by atoms with Crippen molar-refractivity contribution in [2.75, 3.05) is 30.2 Å². The monoisotopic (exact) mass is 448 g/mol. The van der Waals surface area contributed by atoms with E-state index in [-0.39, 0.29) is 5.91 Å². The Labute approximate surface area is 188 Å². The Morgan fingerprint density at radius 1 is 0.812 bits per heavy atom. The number of hydrogen-bond donors (Lipinski definition) is 3. The molecule has 0 radical (unpaired) electrons. The maximum absolute atomic E-state index is 12.4. The van der Waals surface area contributed by atoms with Gasteiger partial charge in [-0.2, -0.15) is 0 Å². The highest BCUT2D eigenvalue weighted by atomic mass is 32.1. The van der Waals surface area contributed by atoms with Crippen LogP contribution in [0.15, 0.2) is 66.7 Å². The lowest BCUT2D eigenvalue weighted by Crippen LogP contribution is -2.19. The number of urea groups is 1. The van der Waals surface area contributed by atoms with Crippen LogP contribution in [0.5, 0.6) is 11.5 Å². The number of amides is 3. The molecule has 0 atom stereocenters. The fourth-order valence-corrected chi connectivity index (χ4v) is 3.92. The second kappa shape index (κ2) is 9.36. The molecule has 1 aromatic heterocycles. The largest absolute Gasteiger partial charge is 0.493 e. The average Bonchev–Trinajstić information content (AvgIpc) is 3.20. The van der Waals surface area contributed by atoms with Crippen LogP contribution in [0.4, 0.5) is 21.3 Å². The number of rotatable bonds is 6. The third kappa shape index (κ3) is 4.79. The SMILES string of the molecule is COc1ccc(NC(=O)Nc2ccc3nc(NC(=O)c4ccccc4)sc3c2)cc1OC. The minimum absolute atomic E-state index is 0.225. The Morgan fingerprint density at radius 3 is 2.22 bits per heavy atom. The quantitative estimate of drug-likeness (QED) is 0.376. The standard InChI is InChI=1S/C23H20N4O4S/c1-30-18-11-9-15(12-19(18)31-2)24-22(29)25-16-8-10-17-20(13-16)32-23(26-17)27-21(28)14-6-4-3-5-7-14/h3-13H,1-2H3,(H2,24,25,29)(H,26,27,28). The number of fused-ring (bicyclic) bond motifs is 1. The molecular formula is C23H20N4O4S. The number of hydrogen-bond acceptors (Lipinski definition) is 6. The Bertz CT molecular complexity index is 1270. The van der Waals surface area contributed by atoms with E-state index in [0.717, 1.165) is 10.2 Å². The summed E-state index contributed by atoms with van der Waals surface area (Å²) in [6.45, 7) is 0. The number of carbonyl (C=O) groups is 2. The van der Waals surface area contributed by atoms with Gasteiger partial charge in [0.25, 0.3) is 5.91 Å². The zero-order valence-corrected chi connectivity index (χ0v) is 18.2. The average molecular weight is 449 g/mol. The van der Waals surface area contributed by atoms with Crippen LogP contribution in [0, 0.1) is 0 Å². The van der Waals surface area contributed by atoms with Crippen molar-refractivity contribution >= 4 is 50.0 Å². The maximum atomic E-state index is 12.4. The normalized spacial score (nSPS) is 10.4. The van der Waals surface area contributed by atoms with Crippen LogP contribution in [-0.4, -0.2) is 31.1 Å². The van der Waals surface area contributed by atoms with Crippen LogP contribution in [-0.2, 0) is 0 Å². The first-order valence-electron chi connectivity index (χ1n) is 9.63. The van der Waals surface area contributed by atoms with Crippen molar-refractivity contribution in [2.45, 2.75) is 0 Å². The summed E-state index contributed by atoms with van der Waals surface area (Å²) in [4.78, 5) is 29.2. The van der Waals surface area contributed by atoms with E-state index in [1.165, 1.54) is 18.4 Å². The number of anilines is 3. The van der Waals surface area contributed by atoms with Gasteiger partial charge in [0.15, 0.2) is 16.6 Å². The lowest BCUT2D eigenvalue weighted by atomic mass is 10.2. The van der Waals surface area contributed by atoms with Gasteiger partial charge in [0.1, 0.15) is 0 Å². The first-order chi connectivity index (χ1) is 15.6. The van der Waals surface area contributed by atoms with Gasteiger partial charge >= 0.3 is 6.03 Å². The summed E-state index contributed by atoms with van der Waals surface area (Å²) in [5.74, 6) is 0.864. The lowest BCUT2D eigenvalue weighted by Gasteiger charge is -2.11. The van der Waals surface area contributed by atoms with Crippen molar-refractivity contribution in [1.82, 2.24) is 4.98 Å². The minimum atomic E-state index is -0.404. The minimum Gasteiger partial charge on any atom is -0.493 e. The summed E-state index contributed by atoms with van der Waals surface area (Å²) < 4.78 is 11.3. The summed E-state index contributed by atoms with van der Waals surface area (Å²) in [6, 6.07) is 19.0. The molecule has 0 aliphatic rings. The summed E-state index contributed by atoms with van der Waals surface area (Å²) >= 11 is 1.33. The molecule has 162 valence electrons. The van der Waals surface area contributed by atoms with Crippen LogP contribution >= 0.6 is 11.3 Å². The molecule has 0 spiro atoms. The zero-order chi connectivity index (χ0) is 22.5. The molecule has 9 heteroatoms. The van der Waals surface area contributed by atoms with E-state index in [1.54, 1.807) is 67.8 Å². The van der Waals surface area contributed by atoms with Gasteiger partial charge in [-0.1, -0.05) is 29.5 Å². The van der Waals surface area contributed by atoms with Crippen LogP contribution in [0.25, 0.3) is 10.2 Å².